The van der Waals surface area contributed by atoms with Crippen molar-refractivity contribution in [1.29, 1.82) is 0 Å². The van der Waals surface area contributed by atoms with E-state index >= 15 is 0 Å². The second-order valence-electron chi connectivity index (χ2n) is 5.31. The minimum Gasteiger partial charge on any atom is -0.385 e. The number of benzene rings is 1. The van der Waals surface area contributed by atoms with Crippen LogP contribution in [0.1, 0.15) is 20.3 Å². The molecule has 0 saturated heterocycles. The lowest BCUT2D eigenvalue weighted by molar-refractivity contribution is -0.138. The van der Waals surface area contributed by atoms with Crippen molar-refractivity contribution in [1.82, 2.24) is 5.32 Å². The number of ether oxygens (including phenoxy) is 1. The Bertz CT molecular complexity index is 548. The largest absolute Gasteiger partial charge is 0.385 e. The van der Waals surface area contributed by atoms with E-state index in [2.05, 4.69) is 10.6 Å². The molecule has 0 radical (unpaired) electrons. The molecule has 22 heavy (non-hydrogen) atoms. The first kappa shape index (κ1) is 18.7. The van der Waals surface area contributed by atoms with E-state index in [4.69, 9.17) is 27.9 Å². The highest BCUT2D eigenvalue weighted by Gasteiger charge is 2.35. The number of amides is 2. The van der Waals surface area contributed by atoms with Gasteiger partial charge in [0.25, 0.3) is 0 Å². The van der Waals surface area contributed by atoms with Gasteiger partial charge in [-0.25, -0.2) is 0 Å². The van der Waals surface area contributed by atoms with E-state index in [1.165, 1.54) is 6.07 Å². The topological polar surface area (TPSA) is 67.4 Å². The predicted octanol–water partition coefficient (Wildman–Crippen LogP) is 3.11. The van der Waals surface area contributed by atoms with Crippen LogP contribution in [0.2, 0.25) is 10.0 Å². The van der Waals surface area contributed by atoms with Crippen LogP contribution >= 0.6 is 23.2 Å². The standard InChI is InChI=1S/C15H20Cl2N2O3/c1-15(2,13(20)18-7-4-8-22-3)14(21)19-10-5-6-11(16)12(17)9-10/h5-6,9H,4,7-8H2,1-3H3,(H,18,20)(H,19,21). The fraction of sp³-hybridized carbons (Fsp3) is 0.467. The fourth-order valence-electron chi connectivity index (χ4n) is 1.60. The van der Waals surface area contributed by atoms with Crippen molar-refractivity contribution < 1.29 is 14.3 Å². The number of hydrogen-bond acceptors (Lipinski definition) is 3. The van der Waals surface area contributed by atoms with Gasteiger partial charge in [-0.15, -0.1) is 0 Å². The van der Waals surface area contributed by atoms with Crippen molar-refractivity contribution in [3.8, 4) is 0 Å². The molecule has 0 unspecified atom stereocenters. The molecular formula is C15H20Cl2N2O3. The monoisotopic (exact) mass is 346 g/mol. The zero-order chi connectivity index (χ0) is 16.8. The van der Waals surface area contributed by atoms with Gasteiger partial charge in [0.05, 0.1) is 10.0 Å². The second kappa shape index (κ2) is 8.36. The van der Waals surface area contributed by atoms with Gasteiger partial charge < -0.3 is 15.4 Å². The Morgan fingerprint density at radius 1 is 1.18 bits per heavy atom. The highest BCUT2D eigenvalue weighted by Crippen LogP contribution is 2.26. The van der Waals surface area contributed by atoms with Gasteiger partial charge in [0.1, 0.15) is 5.41 Å². The van der Waals surface area contributed by atoms with E-state index in [-0.39, 0.29) is 5.91 Å². The van der Waals surface area contributed by atoms with Gasteiger partial charge in [-0.2, -0.15) is 0 Å². The lowest BCUT2D eigenvalue weighted by Gasteiger charge is -2.22. The molecule has 0 aromatic heterocycles. The van der Waals surface area contributed by atoms with Crippen LogP contribution in [0.4, 0.5) is 5.69 Å². The molecular weight excluding hydrogens is 327 g/mol. The van der Waals surface area contributed by atoms with Crippen molar-refractivity contribution >= 4 is 40.7 Å². The highest BCUT2D eigenvalue weighted by molar-refractivity contribution is 6.42. The first-order chi connectivity index (χ1) is 10.3. The van der Waals surface area contributed by atoms with Crippen LogP contribution in [0.5, 0.6) is 0 Å². The molecule has 1 aromatic carbocycles. The molecule has 5 nitrogen and oxygen atoms in total. The van der Waals surface area contributed by atoms with E-state index < -0.39 is 11.3 Å². The van der Waals surface area contributed by atoms with Crippen LogP contribution in [0.25, 0.3) is 0 Å². The molecule has 0 saturated carbocycles. The smallest absolute Gasteiger partial charge is 0.239 e. The van der Waals surface area contributed by atoms with Gasteiger partial charge in [-0.05, 0) is 38.5 Å². The van der Waals surface area contributed by atoms with Crippen molar-refractivity contribution in [2.75, 3.05) is 25.6 Å². The summed E-state index contributed by atoms with van der Waals surface area (Å²) >= 11 is 11.7. The molecule has 0 fully saturated rings. The first-order valence-corrected chi connectivity index (χ1v) is 7.58. The second-order valence-corrected chi connectivity index (χ2v) is 6.12. The normalized spacial score (nSPS) is 11.1. The molecule has 0 aliphatic carbocycles. The zero-order valence-corrected chi connectivity index (χ0v) is 14.3. The Labute approximate surface area is 140 Å². The van der Waals surface area contributed by atoms with Gasteiger partial charge in [-0.1, -0.05) is 23.2 Å². The molecule has 0 bridgehead atoms. The number of carbonyl (C=O) groups is 2. The number of anilines is 1. The summed E-state index contributed by atoms with van der Waals surface area (Å²) in [5.74, 6) is -0.767. The van der Waals surface area contributed by atoms with Gasteiger partial charge in [0.2, 0.25) is 11.8 Å². The number of carbonyl (C=O) groups excluding carboxylic acids is 2. The summed E-state index contributed by atoms with van der Waals surface area (Å²) in [6.45, 7) is 4.13. The third kappa shape index (κ3) is 5.16. The molecule has 0 aliphatic heterocycles. The zero-order valence-electron chi connectivity index (χ0n) is 12.8. The Kier molecular flexibility index (Phi) is 7.13. The number of halogens is 2. The van der Waals surface area contributed by atoms with Crippen molar-refractivity contribution in [2.45, 2.75) is 20.3 Å². The Hall–Kier alpha value is -1.30. The molecule has 0 heterocycles. The summed E-state index contributed by atoms with van der Waals surface area (Å²) < 4.78 is 4.90. The first-order valence-electron chi connectivity index (χ1n) is 6.82. The van der Waals surface area contributed by atoms with Crippen molar-refractivity contribution in [3.63, 3.8) is 0 Å². The van der Waals surface area contributed by atoms with Crippen LogP contribution in [0.15, 0.2) is 18.2 Å². The van der Waals surface area contributed by atoms with E-state index in [9.17, 15) is 9.59 Å². The summed E-state index contributed by atoms with van der Waals surface area (Å²) in [5, 5.41) is 6.12. The van der Waals surface area contributed by atoms with E-state index in [0.717, 1.165) is 0 Å². The maximum Gasteiger partial charge on any atom is 0.239 e. The minimum absolute atomic E-state index is 0.335. The molecule has 1 rings (SSSR count). The molecule has 0 aliphatic rings. The Balaban J connectivity index is 2.64. The lowest BCUT2D eigenvalue weighted by Crippen LogP contribution is -2.45. The predicted molar refractivity (Wildman–Crippen MR) is 88.4 cm³/mol. The third-order valence-electron chi connectivity index (χ3n) is 3.12. The Morgan fingerprint density at radius 2 is 1.86 bits per heavy atom. The van der Waals surface area contributed by atoms with E-state index in [0.29, 0.717) is 35.3 Å². The summed E-state index contributed by atoms with van der Waals surface area (Å²) in [6.07, 6.45) is 0.687. The lowest BCUT2D eigenvalue weighted by atomic mass is 9.91. The minimum atomic E-state index is -1.21. The van der Waals surface area contributed by atoms with Gasteiger partial charge in [-0.3, -0.25) is 9.59 Å². The maximum absolute atomic E-state index is 12.3. The molecule has 0 spiro atoms. The third-order valence-corrected chi connectivity index (χ3v) is 3.86. The summed E-state index contributed by atoms with van der Waals surface area (Å²) in [6, 6.07) is 4.74. The summed E-state index contributed by atoms with van der Waals surface area (Å²) in [7, 11) is 1.59. The van der Waals surface area contributed by atoms with E-state index in [1.807, 2.05) is 0 Å². The average molecular weight is 347 g/mol. The van der Waals surface area contributed by atoms with Gasteiger partial charge >= 0.3 is 0 Å². The maximum atomic E-state index is 12.3. The van der Waals surface area contributed by atoms with Crippen LogP contribution in [-0.2, 0) is 14.3 Å². The number of rotatable bonds is 7. The SMILES string of the molecule is COCCCNC(=O)C(C)(C)C(=O)Nc1ccc(Cl)c(Cl)c1. The quantitative estimate of drug-likeness (QED) is 0.588. The van der Waals surface area contributed by atoms with Crippen LogP contribution < -0.4 is 10.6 Å². The molecule has 1 aromatic rings. The Morgan fingerprint density at radius 3 is 2.45 bits per heavy atom. The summed E-state index contributed by atoms with van der Waals surface area (Å²) in [4.78, 5) is 24.4. The van der Waals surface area contributed by atoms with Gasteiger partial charge in [0.15, 0.2) is 0 Å². The molecule has 7 heteroatoms. The van der Waals surface area contributed by atoms with Gasteiger partial charge in [0, 0.05) is 25.9 Å². The number of hydrogen-bond donors (Lipinski definition) is 2. The van der Waals surface area contributed by atoms with Crippen molar-refractivity contribution in [3.05, 3.63) is 28.2 Å². The average Bonchev–Trinajstić information content (AvgIpc) is 2.47. The molecule has 122 valence electrons. The van der Waals surface area contributed by atoms with Crippen LogP contribution in [-0.4, -0.2) is 32.1 Å². The van der Waals surface area contributed by atoms with Crippen molar-refractivity contribution in [2.24, 2.45) is 5.41 Å². The summed E-state index contributed by atoms with van der Waals surface area (Å²) in [5.41, 5.74) is -0.723. The highest BCUT2D eigenvalue weighted by atomic mass is 35.5. The number of nitrogens with one attached hydrogen (secondary N) is 2. The fourth-order valence-corrected chi connectivity index (χ4v) is 1.90. The molecule has 2 amide bonds. The van der Waals surface area contributed by atoms with Crippen LogP contribution in [0, 0.1) is 5.41 Å². The van der Waals surface area contributed by atoms with E-state index in [1.54, 1.807) is 33.1 Å². The van der Waals surface area contributed by atoms with Crippen LogP contribution in [0.3, 0.4) is 0 Å². The molecule has 2 N–H and O–H groups in total. The molecule has 0 atom stereocenters. The number of methoxy groups -OCH3 is 1.